The second kappa shape index (κ2) is 5.19. The summed E-state index contributed by atoms with van der Waals surface area (Å²) in [5.74, 6) is 0.887. The van der Waals surface area contributed by atoms with Gasteiger partial charge in [-0.2, -0.15) is 5.10 Å². The number of nitrogens with zero attached hydrogens (tertiary/aromatic N) is 2. The molecule has 1 heterocycles. The number of aromatic nitrogens is 2. The van der Waals surface area contributed by atoms with Crippen molar-refractivity contribution in [2.75, 3.05) is 6.54 Å². The van der Waals surface area contributed by atoms with Crippen LogP contribution >= 0.6 is 11.6 Å². The number of aryl methyl sites for hydroxylation is 2. The summed E-state index contributed by atoms with van der Waals surface area (Å²) in [5, 5.41) is 8.71. The smallest absolute Gasteiger partial charge is 0.0860 e. The first kappa shape index (κ1) is 11.9. The third-order valence-electron chi connectivity index (χ3n) is 3.40. The molecule has 4 heteroatoms. The third-order valence-corrected chi connectivity index (χ3v) is 3.89. The van der Waals surface area contributed by atoms with E-state index < -0.39 is 0 Å². The lowest BCUT2D eigenvalue weighted by atomic mass is 9.85. The van der Waals surface area contributed by atoms with E-state index in [1.165, 1.54) is 19.3 Å². The number of nitrogens with one attached hydrogen (secondary N) is 1. The molecule has 1 aromatic rings. The highest BCUT2D eigenvalue weighted by molar-refractivity contribution is 6.31. The first-order chi connectivity index (χ1) is 7.72. The van der Waals surface area contributed by atoms with Crippen molar-refractivity contribution in [2.24, 2.45) is 5.92 Å². The molecule has 1 aromatic heterocycles. The van der Waals surface area contributed by atoms with E-state index in [2.05, 4.69) is 17.3 Å². The van der Waals surface area contributed by atoms with Crippen molar-refractivity contribution in [1.29, 1.82) is 0 Å². The Morgan fingerprint density at radius 2 is 2.25 bits per heavy atom. The number of hydrogen-bond acceptors (Lipinski definition) is 2. The maximum atomic E-state index is 6.23. The fraction of sp³-hybridized carbons (Fsp3) is 0.750. The van der Waals surface area contributed by atoms with E-state index in [0.717, 1.165) is 42.0 Å². The lowest BCUT2D eigenvalue weighted by molar-refractivity contribution is 0.300. The van der Waals surface area contributed by atoms with Crippen LogP contribution in [0.15, 0.2) is 0 Å². The molecule has 2 rings (SSSR count). The van der Waals surface area contributed by atoms with Gasteiger partial charge in [-0.25, -0.2) is 0 Å². The van der Waals surface area contributed by atoms with Gasteiger partial charge in [-0.1, -0.05) is 18.0 Å². The second-order valence-corrected chi connectivity index (χ2v) is 4.97. The van der Waals surface area contributed by atoms with E-state index in [-0.39, 0.29) is 0 Å². The zero-order valence-electron chi connectivity index (χ0n) is 10.1. The normalized spacial score (nSPS) is 16.4. The SMILES string of the molecule is CCn1nc(C)c(Cl)c1CNCC1CCC1. The molecule has 1 saturated carbocycles. The Bertz CT molecular complexity index is 355. The summed E-state index contributed by atoms with van der Waals surface area (Å²) in [5.41, 5.74) is 2.06. The first-order valence-electron chi connectivity index (χ1n) is 6.14. The molecule has 0 aromatic carbocycles. The zero-order chi connectivity index (χ0) is 11.5. The number of halogens is 1. The Morgan fingerprint density at radius 1 is 1.50 bits per heavy atom. The highest BCUT2D eigenvalue weighted by Crippen LogP contribution is 2.25. The van der Waals surface area contributed by atoms with Gasteiger partial charge < -0.3 is 5.32 Å². The molecule has 0 unspecified atom stereocenters. The predicted octanol–water partition coefficient (Wildman–Crippen LogP) is 2.75. The van der Waals surface area contributed by atoms with Gasteiger partial charge in [-0.05, 0) is 39.2 Å². The molecule has 1 aliphatic rings. The van der Waals surface area contributed by atoms with E-state index >= 15 is 0 Å². The highest BCUT2D eigenvalue weighted by Gasteiger charge is 2.17. The van der Waals surface area contributed by atoms with Gasteiger partial charge in [0.2, 0.25) is 0 Å². The minimum absolute atomic E-state index is 0.822. The van der Waals surface area contributed by atoms with Crippen LogP contribution in [-0.4, -0.2) is 16.3 Å². The minimum atomic E-state index is 0.822. The van der Waals surface area contributed by atoms with Crippen LogP contribution in [0, 0.1) is 12.8 Å². The van der Waals surface area contributed by atoms with Crippen molar-refractivity contribution >= 4 is 11.6 Å². The van der Waals surface area contributed by atoms with Crippen molar-refractivity contribution in [1.82, 2.24) is 15.1 Å². The van der Waals surface area contributed by atoms with E-state index in [1.54, 1.807) is 0 Å². The van der Waals surface area contributed by atoms with Crippen LogP contribution in [0.25, 0.3) is 0 Å². The molecular weight excluding hydrogens is 222 g/mol. The van der Waals surface area contributed by atoms with Crippen molar-refractivity contribution in [3.8, 4) is 0 Å². The summed E-state index contributed by atoms with van der Waals surface area (Å²) < 4.78 is 1.99. The average molecular weight is 242 g/mol. The van der Waals surface area contributed by atoms with Gasteiger partial charge in [-0.15, -0.1) is 0 Å². The maximum absolute atomic E-state index is 6.23. The molecule has 1 fully saturated rings. The molecule has 16 heavy (non-hydrogen) atoms. The molecular formula is C12H20ClN3. The summed E-state index contributed by atoms with van der Waals surface area (Å²) in [6.45, 7) is 6.89. The van der Waals surface area contributed by atoms with Crippen LogP contribution in [0.2, 0.25) is 5.02 Å². The summed E-state index contributed by atoms with van der Waals surface area (Å²) in [7, 11) is 0. The lowest BCUT2D eigenvalue weighted by Gasteiger charge is -2.25. The molecule has 0 atom stereocenters. The Hall–Kier alpha value is -0.540. The second-order valence-electron chi connectivity index (χ2n) is 4.59. The van der Waals surface area contributed by atoms with Crippen molar-refractivity contribution in [3.05, 3.63) is 16.4 Å². The lowest BCUT2D eigenvalue weighted by Crippen LogP contribution is -2.27. The highest BCUT2D eigenvalue weighted by atomic mass is 35.5. The topological polar surface area (TPSA) is 29.9 Å². The van der Waals surface area contributed by atoms with Gasteiger partial charge in [0, 0.05) is 13.1 Å². The van der Waals surface area contributed by atoms with Gasteiger partial charge in [-0.3, -0.25) is 4.68 Å². The Kier molecular flexibility index (Phi) is 3.87. The van der Waals surface area contributed by atoms with Gasteiger partial charge in [0.1, 0.15) is 0 Å². The molecule has 0 spiro atoms. The average Bonchev–Trinajstić information content (AvgIpc) is 2.48. The standard InChI is InChI=1S/C12H20ClN3/c1-3-16-11(12(13)9(2)15-16)8-14-7-10-5-4-6-10/h10,14H,3-8H2,1-2H3. The number of hydrogen-bond donors (Lipinski definition) is 1. The Labute approximate surface area is 102 Å². The third kappa shape index (κ3) is 2.41. The van der Waals surface area contributed by atoms with E-state index in [4.69, 9.17) is 11.6 Å². The minimum Gasteiger partial charge on any atom is -0.311 e. The van der Waals surface area contributed by atoms with Gasteiger partial charge in [0.05, 0.1) is 16.4 Å². The maximum Gasteiger partial charge on any atom is 0.0860 e. The summed E-state index contributed by atoms with van der Waals surface area (Å²) in [4.78, 5) is 0. The van der Waals surface area contributed by atoms with E-state index in [9.17, 15) is 0 Å². The summed E-state index contributed by atoms with van der Waals surface area (Å²) >= 11 is 6.23. The van der Waals surface area contributed by atoms with Crippen LogP contribution in [0.3, 0.4) is 0 Å². The van der Waals surface area contributed by atoms with Crippen LogP contribution < -0.4 is 5.32 Å². The fourth-order valence-corrected chi connectivity index (χ4v) is 2.33. The number of rotatable bonds is 5. The molecule has 0 amide bonds. The largest absolute Gasteiger partial charge is 0.311 e. The summed E-state index contributed by atoms with van der Waals surface area (Å²) in [6.07, 6.45) is 4.17. The van der Waals surface area contributed by atoms with Gasteiger partial charge in [0.25, 0.3) is 0 Å². The van der Waals surface area contributed by atoms with Crippen molar-refractivity contribution < 1.29 is 0 Å². The summed E-state index contributed by atoms with van der Waals surface area (Å²) in [6, 6.07) is 0. The Balaban J connectivity index is 1.91. The van der Waals surface area contributed by atoms with Crippen molar-refractivity contribution in [3.63, 3.8) is 0 Å². The Morgan fingerprint density at radius 3 is 2.81 bits per heavy atom. The van der Waals surface area contributed by atoms with Gasteiger partial charge >= 0.3 is 0 Å². The van der Waals surface area contributed by atoms with Crippen LogP contribution in [0.5, 0.6) is 0 Å². The zero-order valence-corrected chi connectivity index (χ0v) is 10.8. The molecule has 1 aliphatic carbocycles. The molecule has 90 valence electrons. The van der Waals surface area contributed by atoms with Crippen LogP contribution in [0.4, 0.5) is 0 Å². The predicted molar refractivity (Wildman–Crippen MR) is 66.7 cm³/mol. The first-order valence-corrected chi connectivity index (χ1v) is 6.52. The van der Waals surface area contributed by atoms with Gasteiger partial charge in [0.15, 0.2) is 0 Å². The van der Waals surface area contributed by atoms with Crippen LogP contribution in [0.1, 0.15) is 37.6 Å². The fourth-order valence-electron chi connectivity index (χ4n) is 2.13. The van der Waals surface area contributed by atoms with Crippen molar-refractivity contribution in [2.45, 2.75) is 46.2 Å². The molecule has 0 bridgehead atoms. The van der Waals surface area contributed by atoms with E-state index in [1.807, 2.05) is 11.6 Å². The quantitative estimate of drug-likeness (QED) is 0.859. The monoisotopic (exact) mass is 241 g/mol. The van der Waals surface area contributed by atoms with Crippen LogP contribution in [-0.2, 0) is 13.1 Å². The molecule has 0 aliphatic heterocycles. The molecule has 3 nitrogen and oxygen atoms in total. The molecule has 1 N–H and O–H groups in total. The van der Waals surface area contributed by atoms with E-state index in [0.29, 0.717) is 0 Å². The molecule has 0 radical (unpaired) electrons. The molecule has 0 saturated heterocycles.